The van der Waals surface area contributed by atoms with Gasteiger partial charge in [-0.1, -0.05) is 54.6 Å². The monoisotopic (exact) mass is 477 g/mol. The molecule has 0 saturated heterocycles. The Morgan fingerprint density at radius 2 is 1.81 bits per heavy atom. The largest absolute Gasteiger partial charge is 0.480 e. The van der Waals surface area contributed by atoms with E-state index in [1.807, 2.05) is 66.9 Å². The summed E-state index contributed by atoms with van der Waals surface area (Å²) >= 11 is 0. The zero-order valence-electron chi connectivity index (χ0n) is 19.2. The molecule has 0 bridgehead atoms. The second-order valence-electron chi connectivity index (χ2n) is 8.27. The Kier molecular flexibility index (Phi) is 6.40. The number of benzene rings is 3. The van der Waals surface area contributed by atoms with Gasteiger partial charge in [0.1, 0.15) is 6.04 Å². The summed E-state index contributed by atoms with van der Waals surface area (Å²) in [6.07, 6.45) is 7.98. The van der Waals surface area contributed by atoms with E-state index in [9.17, 15) is 14.7 Å². The lowest BCUT2D eigenvalue weighted by Crippen LogP contribution is -2.41. The lowest BCUT2D eigenvalue weighted by Gasteiger charge is -2.11. The third-order valence-electron chi connectivity index (χ3n) is 5.78. The number of hydrogen-bond acceptors (Lipinski definition) is 4. The number of para-hydroxylation sites is 1. The number of fused-ring (bicyclic) bond motifs is 1. The average molecular weight is 478 g/mol. The van der Waals surface area contributed by atoms with E-state index in [1.54, 1.807) is 17.0 Å². The highest BCUT2D eigenvalue weighted by Crippen LogP contribution is 2.28. The van der Waals surface area contributed by atoms with Gasteiger partial charge in [-0.05, 0) is 35.0 Å². The predicted molar refractivity (Wildman–Crippen MR) is 137 cm³/mol. The highest BCUT2D eigenvalue weighted by Gasteiger charge is 2.20. The van der Waals surface area contributed by atoms with Gasteiger partial charge in [-0.25, -0.2) is 14.5 Å². The molecule has 0 radical (unpaired) electrons. The molecule has 2 aromatic heterocycles. The van der Waals surface area contributed by atoms with Crippen LogP contribution in [0.15, 0.2) is 97.6 Å². The number of nitrogens with zero attached hydrogens (tertiary/aromatic N) is 3. The summed E-state index contributed by atoms with van der Waals surface area (Å²) in [6, 6.07) is 22.8. The van der Waals surface area contributed by atoms with Crippen molar-refractivity contribution in [1.29, 1.82) is 0 Å². The van der Waals surface area contributed by atoms with Gasteiger partial charge in [0.05, 0.1) is 23.4 Å². The molecule has 0 fully saturated rings. The molecule has 8 heteroatoms. The zero-order valence-corrected chi connectivity index (χ0v) is 19.2. The number of nitrogens with one attached hydrogen (secondary N) is 2. The van der Waals surface area contributed by atoms with Crippen molar-refractivity contribution in [2.45, 2.75) is 12.5 Å². The Morgan fingerprint density at radius 1 is 1.03 bits per heavy atom. The molecule has 5 aromatic rings. The molecule has 0 aliphatic heterocycles. The second-order valence-corrected chi connectivity index (χ2v) is 8.27. The molecule has 3 N–H and O–H groups in total. The van der Waals surface area contributed by atoms with Crippen molar-refractivity contribution in [3.8, 4) is 16.9 Å². The summed E-state index contributed by atoms with van der Waals surface area (Å²) in [5, 5.41) is 19.1. The standard InChI is InChI=1S/C28H23N5O3/c34-26(31-25(28(35)36)15-23-16-29-18-30-23)13-12-22-17-33(24-8-2-1-3-9-24)32-27(22)21-11-10-19-6-4-5-7-20(19)14-21/h1-14,16-18,25H,15H2,(H,29,30)(H,31,34)(H,35,36)/b13-12+. The minimum Gasteiger partial charge on any atom is -0.480 e. The Balaban J connectivity index is 1.45. The van der Waals surface area contributed by atoms with Crippen molar-refractivity contribution in [3.63, 3.8) is 0 Å². The molecule has 1 unspecified atom stereocenters. The van der Waals surface area contributed by atoms with Gasteiger partial charge in [-0.3, -0.25) is 4.79 Å². The van der Waals surface area contributed by atoms with Gasteiger partial charge in [0.25, 0.3) is 0 Å². The number of amides is 1. The molecule has 0 spiro atoms. The third kappa shape index (κ3) is 5.07. The van der Waals surface area contributed by atoms with Gasteiger partial charge >= 0.3 is 5.97 Å². The number of carboxylic acid groups (broad SMARTS) is 1. The first-order valence-electron chi connectivity index (χ1n) is 11.4. The van der Waals surface area contributed by atoms with Crippen molar-refractivity contribution in [2.75, 3.05) is 0 Å². The van der Waals surface area contributed by atoms with Crippen molar-refractivity contribution < 1.29 is 14.7 Å². The van der Waals surface area contributed by atoms with E-state index < -0.39 is 17.9 Å². The van der Waals surface area contributed by atoms with E-state index in [-0.39, 0.29) is 6.42 Å². The van der Waals surface area contributed by atoms with Crippen LogP contribution in [-0.2, 0) is 16.0 Å². The van der Waals surface area contributed by atoms with Crippen LogP contribution in [0.5, 0.6) is 0 Å². The van der Waals surface area contributed by atoms with E-state index in [2.05, 4.69) is 27.4 Å². The van der Waals surface area contributed by atoms with Crippen LogP contribution in [0.3, 0.4) is 0 Å². The van der Waals surface area contributed by atoms with E-state index >= 15 is 0 Å². The number of aromatic nitrogens is 4. The number of rotatable bonds is 8. The molecule has 0 saturated carbocycles. The molecular formula is C28H23N5O3. The maximum absolute atomic E-state index is 12.6. The maximum atomic E-state index is 12.6. The number of carbonyl (C=O) groups excluding carboxylic acids is 1. The third-order valence-corrected chi connectivity index (χ3v) is 5.78. The van der Waals surface area contributed by atoms with Crippen LogP contribution in [0.1, 0.15) is 11.3 Å². The highest BCUT2D eigenvalue weighted by molar-refractivity contribution is 5.95. The van der Waals surface area contributed by atoms with Gasteiger partial charge in [0.2, 0.25) is 5.91 Å². The summed E-state index contributed by atoms with van der Waals surface area (Å²) in [7, 11) is 0. The highest BCUT2D eigenvalue weighted by atomic mass is 16.4. The summed E-state index contributed by atoms with van der Waals surface area (Å²) in [4.78, 5) is 31.1. The molecule has 8 nitrogen and oxygen atoms in total. The maximum Gasteiger partial charge on any atom is 0.326 e. The smallest absolute Gasteiger partial charge is 0.326 e. The number of carboxylic acids is 1. The number of carbonyl (C=O) groups is 2. The van der Waals surface area contributed by atoms with Crippen LogP contribution in [0.25, 0.3) is 33.8 Å². The fourth-order valence-electron chi connectivity index (χ4n) is 3.98. The lowest BCUT2D eigenvalue weighted by atomic mass is 10.0. The number of aromatic amines is 1. The Labute approximate surface area is 206 Å². The van der Waals surface area contributed by atoms with Crippen LogP contribution in [0.2, 0.25) is 0 Å². The van der Waals surface area contributed by atoms with Gasteiger partial charge < -0.3 is 15.4 Å². The molecule has 1 amide bonds. The second kappa shape index (κ2) is 10.1. The minimum absolute atomic E-state index is 0.0761. The van der Waals surface area contributed by atoms with Crippen molar-refractivity contribution in [2.24, 2.45) is 0 Å². The van der Waals surface area contributed by atoms with E-state index in [1.165, 1.54) is 12.4 Å². The van der Waals surface area contributed by atoms with Gasteiger partial charge in [-0.15, -0.1) is 0 Å². The van der Waals surface area contributed by atoms with Crippen molar-refractivity contribution in [3.05, 3.63) is 109 Å². The molecule has 5 rings (SSSR count). The normalized spacial score (nSPS) is 12.1. The minimum atomic E-state index is -1.13. The summed E-state index contributed by atoms with van der Waals surface area (Å²) < 4.78 is 1.76. The van der Waals surface area contributed by atoms with Gasteiger partial charge in [-0.2, -0.15) is 5.10 Å². The summed E-state index contributed by atoms with van der Waals surface area (Å²) in [6.45, 7) is 0. The van der Waals surface area contributed by atoms with Crippen LogP contribution < -0.4 is 5.32 Å². The molecule has 2 heterocycles. The van der Waals surface area contributed by atoms with Crippen molar-refractivity contribution >= 4 is 28.7 Å². The Morgan fingerprint density at radius 3 is 2.56 bits per heavy atom. The van der Waals surface area contributed by atoms with E-state index in [4.69, 9.17) is 5.10 Å². The number of imidazole rings is 1. The Hall–Kier alpha value is -4.98. The molecule has 178 valence electrons. The SMILES string of the molecule is O=C(/C=C/c1cn(-c2ccccc2)nc1-c1ccc2ccccc2c1)NC(Cc1c[nH]cn1)C(=O)O. The topological polar surface area (TPSA) is 113 Å². The van der Waals surface area contributed by atoms with Crippen LogP contribution in [-0.4, -0.2) is 42.8 Å². The Bertz CT molecular complexity index is 1540. The summed E-state index contributed by atoms with van der Waals surface area (Å²) in [5.41, 5.74) is 3.77. The summed E-state index contributed by atoms with van der Waals surface area (Å²) in [5.74, 6) is -1.65. The first-order chi connectivity index (χ1) is 17.6. The number of aliphatic carboxylic acids is 1. The fraction of sp³-hybridized carbons (Fsp3) is 0.0714. The lowest BCUT2D eigenvalue weighted by molar-refractivity contribution is -0.141. The zero-order chi connectivity index (χ0) is 24.9. The number of hydrogen-bond donors (Lipinski definition) is 3. The van der Waals surface area contributed by atoms with E-state index in [0.29, 0.717) is 11.4 Å². The van der Waals surface area contributed by atoms with Crippen molar-refractivity contribution in [1.82, 2.24) is 25.1 Å². The van der Waals surface area contributed by atoms with Crippen LogP contribution in [0.4, 0.5) is 0 Å². The van der Waals surface area contributed by atoms with Crippen LogP contribution >= 0.6 is 0 Å². The molecular weight excluding hydrogens is 454 g/mol. The molecule has 0 aliphatic carbocycles. The molecule has 0 aliphatic rings. The predicted octanol–water partition coefficient (Wildman–Crippen LogP) is 4.24. The van der Waals surface area contributed by atoms with Gasteiger partial charge in [0.15, 0.2) is 0 Å². The first kappa shape index (κ1) is 22.8. The van der Waals surface area contributed by atoms with Gasteiger partial charge in [0, 0.05) is 36.0 Å². The van der Waals surface area contributed by atoms with Crippen LogP contribution in [0, 0.1) is 0 Å². The fourth-order valence-corrected chi connectivity index (χ4v) is 3.98. The molecule has 3 aromatic carbocycles. The number of H-pyrrole nitrogens is 1. The van der Waals surface area contributed by atoms with E-state index in [0.717, 1.165) is 27.6 Å². The first-order valence-corrected chi connectivity index (χ1v) is 11.4. The average Bonchev–Trinajstić information content (AvgIpc) is 3.57. The molecule has 1 atom stereocenters. The molecule has 36 heavy (non-hydrogen) atoms. The quantitative estimate of drug-likeness (QED) is 0.289.